The highest BCUT2D eigenvalue weighted by molar-refractivity contribution is 5.81. The first kappa shape index (κ1) is 39.6. The molecule has 1 unspecified atom stereocenters. The number of rotatable bonds is 18. The van der Waals surface area contributed by atoms with Gasteiger partial charge in [0.05, 0.1) is 25.0 Å². The molecule has 0 aliphatic carbocycles. The Bertz CT molecular complexity index is 1250. The summed E-state index contributed by atoms with van der Waals surface area (Å²) in [6, 6.07) is 0. The number of carboxylic acid groups (broad SMARTS) is 3. The summed E-state index contributed by atoms with van der Waals surface area (Å²) in [7, 11) is 0. The topological polar surface area (TPSA) is 177 Å². The second-order valence-electron chi connectivity index (χ2n) is 12.8. The maximum absolute atomic E-state index is 12.8. The molecule has 2 rings (SSSR count). The highest BCUT2D eigenvalue weighted by atomic mass is 16.7. The molecule has 1 spiro atoms. The number of carbonyl (C=O) groups is 4. The molecular weight excluding hydrogens is 608 g/mol. The van der Waals surface area contributed by atoms with Crippen LogP contribution in [0, 0.1) is 11.8 Å². The molecule has 2 fully saturated rings. The van der Waals surface area contributed by atoms with Crippen molar-refractivity contribution in [3.8, 4) is 0 Å². The van der Waals surface area contributed by atoms with Gasteiger partial charge in [0, 0.05) is 30.9 Å². The van der Waals surface area contributed by atoms with E-state index in [1.807, 2.05) is 19.9 Å². The van der Waals surface area contributed by atoms with Crippen LogP contribution in [-0.4, -0.2) is 74.0 Å². The molecule has 2 heterocycles. The van der Waals surface area contributed by atoms with Gasteiger partial charge in [-0.1, -0.05) is 69.6 Å². The van der Waals surface area contributed by atoms with Gasteiger partial charge in [-0.25, -0.2) is 9.59 Å². The monoisotopic (exact) mass is 660 g/mol. The number of hydrogen-bond acceptors (Lipinski definition) is 8. The first-order valence-corrected chi connectivity index (χ1v) is 16.4. The number of ether oxygens (including phenoxy) is 3. The average Bonchev–Trinajstić information content (AvgIpc) is 3.37. The van der Waals surface area contributed by atoms with E-state index in [4.69, 9.17) is 29.5 Å². The lowest BCUT2D eigenvalue weighted by molar-refractivity contribution is -0.308. The molecule has 0 bridgehead atoms. The molecule has 7 atom stereocenters. The molecule has 4 N–H and O–H groups in total. The number of unbranched alkanes of at least 4 members (excludes halogenated alkanes) is 1. The van der Waals surface area contributed by atoms with Crippen molar-refractivity contribution in [2.24, 2.45) is 11.8 Å². The molecule has 0 aromatic rings. The zero-order valence-electron chi connectivity index (χ0n) is 28.2. The number of esters is 1. The summed E-state index contributed by atoms with van der Waals surface area (Å²) in [5.74, 6) is -4.99. The van der Waals surface area contributed by atoms with Gasteiger partial charge in [0.15, 0.2) is 5.79 Å². The van der Waals surface area contributed by atoms with Crippen LogP contribution in [0.2, 0.25) is 0 Å². The van der Waals surface area contributed by atoms with Crippen molar-refractivity contribution in [2.45, 2.75) is 129 Å². The zero-order valence-corrected chi connectivity index (χ0v) is 28.2. The third-order valence-electron chi connectivity index (χ3n) is 8.77. The van der Waals surface area contributed by atoms with Crippen LogP contribution in [0.1, 0.15) is 98.8 Å². The van der Waals surface area contributed by atoms with Gasteiger partial charge in [0.2, 0.25) is 0 Å². The summed E-state index contributed by atoms with van der Waals surface area (Å²) in [5, 5.41) is 37.4. The first-order chi connectivity index (χ1) is 22.1. The van der Waals surface area contributed by atoms with Crippen LogP contribution >= 0.6 is 0 Å². The minimum atomic E-state index is -1.11. The lowest BCUT2D eigenvalue weighted by Crippen LogP contribution is -2.50. The number of allylic oxidation sites excluding steroid dienone is 4. The number of aliphatic hydroxyl groups excluding tert-OH is 1. The van der Waals surface area contributed by atoms with Crippen LogP contribution in [0.25, 0.3) is 0 Å². The highest BCUT2D eigenvalue weighted by Gasteiger charge is 2.56. The van der Waals surface area contributed by atoms with Gasteiger partial charge in [-0.15, -0.1) is 0 Å². The van der Waals surface area contributed by atoms with Crippen molar-refractivity contribution in [1.29, 1.82) is 0 Å². The van der Waals surface area contributed by atoms with Gasteiger partial charge in [-0.05, 0) is 57.1 Å². The molecule has 0 saturated carbocycles. The van der Waals surface area contributed by atoms with Crippen LogP contribution < -0.4 is 0 Å². The molecular formula is C36H52O11. The van der Waals surface area contributed by atoms with Crippen LogP contribution in [-0.2, 0) is 33.4 Å². The van der Waals surface area contributed by atoms with Crippen LogP contribution in [0.15, 0.2) is 59.8 Å². The highest BCUT2D eigenvalue weighted by Crippen LogP contribution is 2.50. The predicted octanol–water partition coefficient (Wildman–Crippen LogP) is 6.13. The Balaban J connectivity index is 2.28. The van der Waals surface area contributed by atoms with E-state index < -0.39 is 47.5 Å². The quantitative estimate of drug-likeness (QED) is 0.0755. The van der Waals surface area contributed by atoms with Crippen LogP contribution in [0.3, 0.4) is 0 Å². The maximum atomic E-state index is 12.8. The summed E-state index contributed by atoms with van der Waals surface area (Å²) in [5.41, 5.74) is 0.415. The summed E-state index contributed by atoms with van der Waals surface area (Å²) in [6.07, 6.45) is 15.0. The Morgan fingerprint density at radius 2 is 1.64 bits per heavy atom. The largest absolute Gasteiger partial charge is 0.481 e. The minimum Gasteiger partial charge on any atom is -0.481 e. The van der Waals surface area contributed by atoms with Crippen molar-refractivity contribution >= 4 is 23.9 Å². The van der Waals surface area contributed by atoms with Crippen LogP contribution in [0.5, 0.6) is 0 Å². The maximum Gasteiger partial charge on any atom is 0.328 e. The van der Waals surface area contributed by atoms with Crippen molar-refractivity contribution < 1.29 is 53.8 Å². The van der Waals surface area contributed by atoms with E-state index in [1.54, 1.807) is 38.2 Å². The summed E-state index contributed by atoms with van der Waals surface area (Å²) < 4.78 is 19.5. The Hall–Kier alpha value is -3.54. The van der Waals surface area contributed by atoms with Gasteiger partial charge in [-0.2, -0.15) is 0 Å². The van der Waals surface area contributed by atoms with E-state index in [0.29, 0.717) is 37.7 Å². The standard InChI is InChI=1S/C36H52O11/c1-6-7-19-35(30(14-10-25(3)23-33(42)43)45-34(44)17-16-32(40)41)21-22-36(47-35)20-18-27(5)29(46-36)13-9-24(2)8-12-28(37)26(4)11-15-31(38)39/h8-12,14-15,23,26-30,37H,6-7,13,16-22H2,1-5H3,(H,38,39)(H,40,41)(H,42,43)/b12-8+,14-10+,15-11+,24-9+,25-23+/t26-,27-,28-,29+,30-,35+,36?/m0/s1. The minimum absolute atomic E-state index is 0.163. The third kappa shape index (κ3) is 13.2. The van der Waals surface area contributed by atoms with Gasteiger partial charge in [-0.3, -0.25) is 9.59 Å². The van der Waals surface area contributed by atoms with E-state index in [9.17, 15) is 24.3 Å². The molecule has 2 saturated heterocycles. The number of aliphatic hydroxyl groups is 1. The Labute approximate surface area is 277 Å². The van der Waals surface area contributed by atoms with Gasteiger partial charge in [0.25, 0.3) is 0 Å². The Morgan fingerprint density at radius 1 is 0.936 bits per heavy atom. The molecule has 0 aromatic carbocycles. The van der Waals surface area contributed by atoms with E-state index in [2.05, 4.69) is 6.92 Å². The third-order valence-corrected chi connectivity index (χ3v) is 8.77. The molecule has 47 heavy (non-hydrogen) atoms. The smallest absolute Gasteiger partial charge is 0.328 e. The Kier molecular flexibility index (Phi) is 15.8. The van der Waals surface area contributed by atoms with E-state index >= 15 is 0 Å². The molecule has 0 amide bonds. The van der Waals surface area contributed by atoms with Crippen molar-refractivity contribution in [3.63, 3.8) is 0 Å². The van der Waals surface area contributed by atoms with E-state index in [-0.39, 0.29) is 30.8 Å². The first-order valence-electron chi connectivity index (χ1n) is 16.4. The fourth-order valence-electron chi connectivity index (χ4n) is 5.85. The zero-order chi connectivity index (χ0) is 35.2. The summed E-state index contributed by atoms with van der Waals surface area (Å²) in [4.78, 5) is 45.8. The number of aliphatic carboxylic acids is 3. The van der Waals surface area contributed by atoms with E-state index in [1.165, 1.54) is 6.08 Å². The molecule has 262 valence electrons. The molecule has 0 radical (unpaired) electrons. The fourth-order valence-corrected chi connectivity index (χ4v) is 5.85. The van der Waals surface area contributed by atoms with E-state index in [0.717, 1.165) is 37.0 Å². The summed E-state index contributed by atoms with van der Waals surface area (Å²) in [6.45, 7) is 9.46. The lowest BCUT2D eigenvalue weighted by atomic mass is 9.85. The molecule has 11 heteroatoms. The molecule has 2 aliphatic rings. The van der Waals surface area contributed by atoms with Crippen LogP contribution in [0.4, 0.5) is 0 Å². The van der Waals surface area contributed by atoms with Crippen molar-refractivity contribution in [3.05, 3.63) is 59.8 Å². The number of carbonyl (C=O) groups excluding carboxylic acids is 1. The van der Waals surface area contributed by atoms with Crippen molar-refractivity contribution in [1.82, 2.24) is 0 Å². The second kappa shape index (κ2) is 18.7. The average molecular weight is 661 g/mol. The fraction of sp³-hybridized carbons (Fsp3) is 0.611. The Morgan fingerprint density at radius 3 is 2.28 bits per heavy atom. The van der Waals surface area contributed by atoms with Gasteiger partial charge in [0.1, 0.15) is 11.7 Å². The van der Waals surface area contributed by atoms with Gasteiger partial charge < -0.3 is 34.6 Å². The number of carboxylic acids is 3. The predicted molar refractivity (Wildman–Crippen MR) is 175 cm³/mol. The normalized spacial score (nSPS) is 27.4. The second-order valence-corrected chi connectivity index (χ2v) is 12.8. The molecule has 2 aliphatic heterocycles. The van der Waals surface area contributed by atoms with Crippen molar-refractivity contribution in [2.75, 3.05) is 0 Å². The SMILES string of the molecule is CCCC[C@]1([C@H](/C=C/C(C)=C/C(=O)O)OC(=O)CCC(=O)O)CCC2(CC[C@H](C)[C@@H](C/C=C(C)/C=C/[C@H](O)[C@@H](C)/C=C/C(=O)O)O2)O1. The lowest BCUT2D eigenvalue weighted by Gasteiger charge is -2.44. The summed E-state index contributed by atoms with van der Waals surface area (Å²) >= 11 is 0. The van der Waals surface area contributed by atoms with Gasteiger partial charge >= 0.3 is 23.9 Å². The molecule has 0 aromatic heterocycles. The molecule has 11 nitrogen and oxygen atoms in total. The number of hydrogen-bond donors (Lipinski definition) is 4.